The van der Waals surface area contributed by atoms with E-state index in [4.69, 9.17) is 14.0 Å². The summed E-state index contributed by atoms with van der Waals surface area (Å²) in [6.45, 7) is 3.77. The first-order valence-electron chi connectivity index (χ1n) is 9.86. The van der Waals surface area contributed by atoms with Crippen molar-refractivity contribution in [2.75, 3.05) is 14.2 Å². The quantitative estimate of drug-likeness (QED) is 0.430. The molecule has 0 N–H and O–H groups in total. The fourth-order valence-corrected chi connectivity index (χ4v) is 3.55. The molecule has 32 heavy (non-hydrogen) atoms. The summed E-state index contributed by atoms with van der Waals surface area (Å²) in [6.07, 6.45) is 3.11. The molecule has 0 radical (unpaired) electrons. The molecule has 0 saturated heterocycles. The van der Waals surface area contributed by atoms with Crippen molar-refractivity contribution in [3.8, 4) is 28.6 Å². The number of hydrogen-bond acceptors (Lipinski definition) is 7. The lowest BCUT2D eigenvalue weighted by Crippen LogP contribution is -2.40. The Morgan fingerprint density at radius 2 is 1.66 bits per heavy atom. The van der Waals surface area contributed by atoms with Crippen LogP contribution in [0.2, 0.25) is 0 Å². The first-order valence-corrected chi connectivity index (χ1v) is 9.86. The minimum absolute atomic E-state index is 0.0258. The van der Waals surface area contributed by atoms with Gasteiger partial charge in [0.15, 0.2) is 11.5 Å². The predicted octanol–water partition coefficient (Wildman–Crippen LogP) is 2.73. The molecular formula is C23H22N4O5. The standard InChI is InChI=1S/C23H22N4O5/c1-14-6-5-7-15(2)20(14)27-11-10-26(22(28)23(27)29)13-19-24-21(25-32-19)16-8-9-17(30-3)18(12-16)31-4/h5-12H,13H2,1-4H3. The van der Waals surface area contributed by atoms with Gasteiger partial charge in [0.05, 0.1) is 19.9 Å². The fraction of sp³-hybridized carbons (Fsp3) is 0.217. The molecule has 0 atom stereocenters. The van der Waals surface area contributed by atoms with Crippen LogP contribution in [0.5, 0.6) is 11.5 Å². The monoisotopic (exact) mass is 434 g/mol. The third kappa shape index (κ3) is 3.80. The number of methoxy groups -OCH3 is 2. The summed E-state index contributed by atoms with van der Waals surface area (Å²) in [7, 11) is 3.09. The molecule has 2 aromatic heterocycles. The van der Waals surface area contributed by atoms with Crippen molar-refractivity contribution in [1.82, 2.24) is 19.3 Å². The molecule has 2 heterocycles. The van der Waals surface area contributed by atoms with Crippen LogP contribution in [-0.2, 0) is 6.54 Å². The highest BCUT2D eigenvalue weighted by Crippen LogP contribution is 2.31. The highest BCUT2D eigenvalue weighted by Gasteiger charge is 2.15. The van der Waals surface area contributed by atoms with E-state index in [9.17, 15) is 9.59 Å². The second kappa shape index (κ2) is 8.54. The summed E-state index contributed by atoms with van der Waals surface area (Å²) >= 11 is 0. The van der Waals surface area contributed by atoms with Gasteiger partial charge in [-0.3, -0.25) is 18.7 Å². The molecule has 9 heteroatoms. The lowest BCUT2D eigenvalue weighted by Gasteiger charge is -2.12. The molecule has 2 aromatic carbocycles. The van der Waals surface area contributed by atoms with Crippen LogP contribution in [0.3, 0.4) is 0 Å². The van der Waals surface area contributed by atoms with E-state index >= 15 is 0 Å². The summed E-state index contributed by atoms with van der Waals surface area (Å²) in [5, 5.41) is 3.97. The van der Waals surface area contributed by atoms with Gasteiger partial charge in [0.1, 0.15) is 6.54 Å². The molecule has 0 aliphatic carbocycles. The molecule has 4 rings (SSSR count). The molecule has 0 bridgehead atoms. The van der Waals surface area contributed by atoms with Gasteiger partial charge in [-0.05, 0) is 43.2 Å². The number of aryl methyl sites for hydroxylation is 2. The van der Waals surface area contributed by atoms with Crippen LogP contribution in [-0.4, -0.2) is 33.5 Å². The normalized spacial score (nSPS) is 10.9. The largest absolute Gasteiger partial charge is 0.493 e. The Bertz CT molecular complexity index is 1380. The maximum absolute atomic E-state index is 12.8. The van der Waals surface area contributed by atoms with E-state index in [2.05, 4.69) is 10.1 Å². The van der Waals surface area contributed by atoms with Gasteiger partial charge in [0.25, 0.3) is 0 Å². The van der Waals surface area contributed by atoms with E-state index in [-0.39, 0.29) is 12.4 Å². The van der Waals surface area contributed by atoms with Gasteiger partial charge in [-0.2, -0.15) is 4.98 Å². The van der Waals surface area contributed by atoms with Gasteiger partial charge in [0, 0.05) is 18.0 Å². The molecular weight excluding hydrogens is 412 g/mol. The number of nitrogens with zero attached hydrogens (tertiary/aromatic N) is 4. The Kier molecular flexibility index (Phi) is 5.63. The second-order valence-electron chi connectivity index (χ2n) is 7.23. The third-order valence-electron chi connectivity index (χ3n) is 5.15. The lowest BCUT2D eigenvalue weighted by atomic mass is 10.1. The maximum atomic E-state index is 12.8. The predicted molar refractivity (Wildman–Crippen MR) is 118 cm³/mol. The van der Waals surface area contributed by atoms with Crippen LogP contribution in [0.15, 0.2) is 62.9 Å². The van der Waals surface area contributed by atoms with Crippen molar-refractivity contribution in [2.24, 2.45) is 0 Å². The SMILES string of the molecule is COc1ccc(-c2noc(Cn3ccn(-c4c(C)cccc4C)c(=O)c3=O)n2)cc1OC. The summed E-state index contributed by atoms with van der Waals surface area (Å²) in [4.78, 5) is 29.9. The van der Waals surface area contributed by atoms with Gasteiger partial charge in [-0.15, -0.1) is 0 Å². The minimum Gasteiger partial charge on any atom is -0.493 e. The van der Waals surface area contributed by atoms with E-state index < -0.39 is 11.1 Å². The molecule has 0 fully saturated rings. The summed E-state index contributed by atoms with van der Waals surface area (Å²) in [5.74, 6) is 1.64. The number of para-hydroxylation sites is 1. The number of aromatic nitrogens is 4. The highest BCUT2D eigenvalue weighted by atomic mass is 16.5. The van der Waals surface area contributed by atoms with Crippen LogP contribution >= 0.6 is 0 Å². The topological polar surface area (TPSA) is 101 Å². The van der Waals surface area contributed by atoms with Gasteiger partial charge < -0.3 is 14.0 Å². The molecule has 0 amide bonds. The van der Waals surface area contributed by atoms with E-state index in [1.807, 2.05) is 32.0 Å². The second-order valence-corrected chi connectivity index (χ2v) is 7.23. The molecule has 0 unspecified atom stereocenters. The Labute approximate surface area is 183 Å². The first kappa shape index (κ1) is 21.1. The van der Waals surface area contributed by atoms with Gasteiger partial charge in [-0.1, -0.05) is 23.4 Å². The fourth-order valence-electron chi connectivity index (χ4n) is 3.55. The van der Waals surface area contributed by atoms with Crippen LogP contribution in [0.25, 0.3) is 17.1 Å². The molecule has 0 aliphatic rings. The van der Waals surface area contributed by atoms with E-state index in [1.54, 1.807) is 31.5 Å². The zero-order chi connectivity index (χ0) is 22.8. The number of rotatable bonds is 6. The molecule has 0 aliphatic heterocycles. The number of ether oxygens (including phenoxy) is 2. The highest BCUT2D eigenvalue weighted by molar-refractivity contribution is 5.60. The smallest absolute Gasteiger partial charge is 0.321 e. The zero-order valence-corrected chi connectivity index (χ0v) is 18.2. The van der Waals surface area contributed by atoms with Crippen molar-refractivity contribution in [2.45, 2.75) is 20.4 Å². The Morgan fingerprint density at radius 1 is 0.938 bits per heavy atom. The van der Waals surface area contributed by atoms with Crippen molar-refractivity contribution in [1.29, 1.82) is 0 Å². The van der Waals surface area contributed by atoms with Gasteiger partial charge >= 0.3 is 11.1 Å². The number of hydrogen-bond donors (Lipinski definition) is 0. The van der Waals surface area contributed by atoms with Crippen molar-refractivity contribution in [3.05, 3.63) is 86.5 Å². The lowest BCUT2D eigenvalue weighted by molar-refractivity contribution is 0.355. The van der Waals surface area contributed by atoms with Gasteiger partial charge in [-0.25, -0.2) is 0 Å². The molecule has 4 aromatic rings. The Balaban J connectivity index is 1.64. The van der Waals surface area contributed by atoms with Crippen molar-refractivity contribution < 1.29 is 14.0 Å². The van der Waals surface area contributed by atoms with Crippen LogP contribution in [0.1, 0.15) is 17.0 Å². The summed E-state index contributed by atoms with van der Waals surface area (Å²) in [6, 6.07) is 10.9. The van der Waals surface area contributed by atoms with Crippen molar-refractivity contribution >= 4 is 0 Å². The average molecular weight is 434 g/mol. The molecule has 9 nitrogen and oxygen atoms in total. The third-order valence-corrected chi connectivity index (χ3v) is 5.15. The van der Waals surface area contributed by atoms with Crippen LogP contribution < -0.4 is 20.6 Å². The zero-order valence-electron chi connectivity index (χ0n) is 18.2. The van der Waals surface area contributed by atoms with Crippen LogP contribution in [0.4, 0.5) is 0 Å². The Hall–Kier alpha value is -4.14. The summed E-state index contributed by atoms with van der Waals surface area (Å²) < 4.78 is 18.4. The first-order chi connectivity index (χ1) is 15.4. The molecule has 164 valence electrons. The van der Waals surface area contributed by atoms with Crippen LogP contribution in [0, 0.1) is 13.8 Å². The average Bonchev–Trinajstić information content (AvgIpc) is 3.26. The summed E-state index contributed by atoms with van der Waals surface area (Å²) in [5.41, 5.74) is 1.85. The maximum Gasteiger partial charge on any atom is 0.321 e. The van der Waals surface area contributed by atoms with E-state index in [0.29, 0.717) is 28.6 Å². The van der Waals surface area contributed by atoms with Crippen molar-refractivity contribution in [3.63, 3.8) is 0 Å². The number of benzene rings is 2. The Morgan fingerprint density at radius 3 is 2.34 bits per heavy atom. The minimum atomic E-state index is -0.680. The van der Waals surface area contributed by atoms with E-state index in [0.717, 1.165) is 11.1 Å². The molecule has 0 spiro atoms. The molecule has 0 saturated carbocycles. The van der Waals surface area contributed by atoms with Gasteiger partial charge in [0.2, 0.25) is 11.7 Å². The van der Waals surface area contributed by atoms with E-state index in [1.165, 1.54) is 22.4 Å².